The highest BCUT2D eigenvalue weighted by atomic mass is 35.5. The topological polar surface area (TPSA) is 95.2 Å². The second kappa shape index (κ2) is 6.12. The summed E-state index contributed by atoms with van der Waals surface area (Å²) >= 11 is 6.37. The molecule has 1 N–H and O–H groups in total. The molecule has 118 valence electrons. The van der Waals surface area contributed by atoms with E-state index in [0.717, 1.165) is 24.8 Å². The number of nitrogens with zero attached hydrogens (tertiary/aromatic N) is 3. The Morgan fingerprint density at radius 1 is 1.17 bits per heavy atom. The van der Waals surface area contributed by atoms with Crippen molar-refractivity contribution in [3.05, 3.63) is 46.5 Å². The number of hydrogen-bond acceptors (Lipinski definition) is 4. The predicted octanol–water partition coefficient (Wildman–Crippen LogP) is 4.36. The van der Waals surface area contributed by atoms with Gasteiger partial charge in [-0.3, -0.25) is 0 Å². The summed E-state index contributed by atoms with van der Waals surface area (Å²) in [5.41, 5.74) is -0.199. The average molecular weight is 335 g/mol. The average Bonchev–Trinajstić information content (AvgIpc) is 2.62. The first-order chi connectivity index (χ1) is 11.6. The molecule has 5 heteroatoms. The van der Waals surface area contributed by atoms with Gasteiger partial charge >= 0.3 is 0 Å². The Bertz CT molecular complexity index is 835. The smallest absolute Gasteiger partial charge is 0.189 e. The standard InChI is InChI=1S/C19H15ClN4/c20-16-8-4-3-7-14(16)17-13-6-2-1-5-12(13)15(9-21)18(24)19(17,10-22)11-23/h3-5,7-8,13,15,17,24H,1-2,6H2/t13-,15+,17-/m1/s1. The molecule has 3 atom stereocenters. The van der Waals surface area contributed by atoms with Crippen molar-refractivity contribution in [3.8, 4) is 18.2 Å². The van der Waals surface area contributed by atoms with Crippen LogP contribution in [-0.4, -0.2) is 5.71 Å². The summed E-state index contributed by atoms with van der Waals surface area (Å²) in [7, 11) is 0. The molecule has 0 spiro atoms. The quantitative estimate of drug-likeness (QED) is 0.773. The minimum atomic E-state index is -1.66. The summed E-state index contributed by atoms with van der Waals surface area (Å²) < 4.78 is 0. The Morgan fingerprint density at radius 2 is 1.88 bits per heavy atom. The van der Waals surface area contributed by atoms with Crippen LogP contribution in [0, 0.1) is 56.7 Å². The lowest BCUT2D eigenvalue weighted by Crippen LogP contribution is -2.48. The monoisotopic (exact) mass is 334 g/mol. The molecule has 3 rings (SSSR count). The predicted molar refractivity (Wildman–Crippen MR) is 90.1 cm³/mol. The Hall–Kier alpha value is -2.61. The fraction of sp³-hybridized carbons (Fsp3) is 0.368. The van der Waals surface area contributed by atoms with Crippen molar-refractivity contribution in [2.45, 2.75) is 25.2 Å². The van der Waals surface area contributed by atoms with Crippen LogP contribution in [0.15, 0.2) is 35.9 Å². The van der Waals surface area contributed by atoms with Gasteiger partial charge in [-0.1, -0.05) is 35.9 Å². The third-order valence-electron chi connectivity index (χ3n) is 5.17. The first kappa shape index (κ1) is 16.3. The number of fused-ring (bicyclic) bond motifs is 1. The molecular formula is C19H15ClN4. The summed E-state index contributed by atoms with van der Waals surface area (Å²) in [6.07, 6.45) is 4.60. The third-order valence-corrected chi connectivity index (χ3v) is 5.51. The van der Waals surface area contributed by atoms with Crippen LogP contribution in [0.1, 0.15) is 30.7 Å². The second-order valence-electron chi connectivity index (χ2n) is 6.25. The zero-order valence-electron chi connectivity index (χ0n) is 13.0. The van der Waals surface area contributed by atoms with Crippen molar-refractivity contribution in [3.63, 3.8) is 0 Å². The number of nitriles is 3. The van der Waals surface area contributed by atoms with Crippen LogP contribution in [0.25, 0.3) is 0 Å². The first-order valence-electron chi connectivity index (χ1n) is 7.86. The maximum Gasteiger partial charge on any atom is 0.189 e. The van der Waals surface area contributed by atoms with Gasteiger partial charge in [0.25, 0.3) is 0 Å². The molecule has 0 heterocycles. The van der Waals surface area contributed by atoms with E-state index in [-0.39, 0.29) is 11.6 Å². The maximum absolute atomic E-state index is 9.85. The maximum atomic E-state index is 9.85. The van der Waals surface area contributed by atoms with E-state index in [1.54, 1.807) is 12.1 Å². The summed E-state index contributed by atoms with van der Waals surface area (Å²) in [6, 6.07) is 13.5. The van der Waals surface area contributed by atoms with Gasteiger partial charge < -0.3 is 5.41 Å². The summed E-state index contributed by atoms with van der Waals surface area (Å²) in [5.74, 6) is -1.44. The molecule has 1 aromatic rings. The van der Waals surface area contributed by atoms with Crippen LogP contribution in [0.3, 0.4) is 0 Å². The fourth-order valence-electron chi connectivity index (χ4n) is 4.08. The molecule has 0 saturated heterocycles. The van der Waals surface area contributed by atoms with Gasteiger partial charge in [0.05, 0.1) is 23.9 Å². The molecule has 0 aromatic heterocycles. The molecule has 0 amide bonds. The lowest BCUT2D eigenvalue weighted by atomic mass is 9.53. The van der Waals surface area contributed by atoms with E-state index in [1.165, 1.54) is 0 Å². The second-order valence-corrected chi connectivity index (χ2v) is 6.66. The van der Waals surface area contributed by atoms with E-state index in [0.29, 0.717) is 10.6 Å². The van der Waals surface area contributed by atoms with E-state index in [9.17, 15) is 15.8 Å². The van der Waals surface area contributed by atoms with Crippen molar-refractivity contribution in [2.24, 2.45) is 17.3 Å². The molecule has 0 bridgehead atoms. The molecule has 1 fully saturated rings. The highest BCUT2D eigenvalue weighted by Gasteiger charge is 2.57. The minimum Gasteiger partial charge on any atom is -0.305 e. The van der Waals surface area contributed by atoms with Crippen LogP contribution in [0.2, 0.25) is 5.02 Å². The number of nitrogens with one attached hydrogen (secondary N) is 1. The minimum absolute atomic E-state index is 0.114. The number of hydrogen-bond donors (Lipinski definition) is 1. The Morgan fingerprint density at radius 3 is 2.50 bits per heavy atom. The molecular weight excluding hydrogens is 320 g/mol. The van der Waals surface area contributed by atoms with Gasteiger partial charge in [0.1, 0.15) is 5.92 Å². The fourth-order valence-corrected chi connectivity index (χ4v) is 4.33. The van der Waals surface area contributed by atoms with Crippen molar-refractivity contribution in [1.82, 2.24) is 0 Å². The van der Waals surface area contributed by atoms with Crippen molar-refractivity contribution in [1.29, 1.82) is 21.2 Å². The van der Waals surface area contributed by atoms with E-state index < -0.39 is 17.3 Å². The molecule has 0 aliphatic heterocycles. The van der Waals surface area contributed by atoms with Crippen LogP contribution in [0.4, 0.5) is 0 Å². The lowest BCUT2D eigenvalue weighted by molar-refractivity contribution is 0.320. The van der Waals surface area contributed by atoms with Gasteiger partial charge in [0.15, 0.2) is 5.41 Å². The van der Waals surface area contributed by atoms with Gasteiger partial charge in [0, 0.05) is 10.9 Å². The zero-order chi connectivity index (χ0) is 17.3. The van der Waals surface area contributed by atoms with Gasteiger partial charge in [0.2, 0.25) is 0 Å². The molecule has 1 aromatic carbocycles. The molecule has 0 unspecified atom stereocenters. The van der Waals surface area contributed by atoms with E-state index >= 15 is 0 Å². The number of halogens is 1. The largest absolute Gasteiger partial charge is 0.305 e. The number of allylic oxidation sites excluding steroid dienone is 2. The highest BCUT2D eigenvalue weighted by molar-refractivity contribution is 6.31. The van der Waals surface area contributed by atoms with Crippen molar-refractivity contribution >= 4 is 17.3 Å². The number of benzene rings is 1. The van der Waals surface area contributed by atoms with Gasteiger partial charge in [-0.05, 0) is 42.4 Å². The summed E-state index contributed by atoms with van der Waals surface area (Å²) in [4.78, 5) is 0. The van der Waals surface area contributed by atoms with Crippen molar-refractivity contribution < 1.29 is 0 Å². The molecule has 1 saturated carbocycles. The Kier molecular flexibility index (Phi) is 4.15. The van der Waals surface area contributed by atoms with Gasteiger partial charge in [-0.2, -0.15) is 15.8 Å². The highest BCUT2D eigenvalue weighted by Crippen LogP contribution is 2.56. The van der Waals surface area contributed by atoms with E-state index in [2.05, 4.69) is 18.2 Å². The van der Waals surface area contributed by atoms with Gasteiger partial charge in [-0.15, -0.1) is 0 Å². The number of rotatable bonds is 1. The molecule has 4 nitrogen and oxygen atoms in total. The summed E-state index contributed by atoms with van der Waals surface area (Å²) in [6.45, 7) is 0. The Labute approximate surface area is 146 Å². The van der Waals surface area contributed by atoms with E-state index in [1.807, 2.05) is 18.2 Å². The van der Waals surface area contributed by atoms with Crippen LogP contribution < -0.4 is 0 Å². The zero-order valence-corrected chi connectivity index (χ0v) is 13.7. The molecule has 24 heavy (non-hydrogen) atoms. The van der Waals surface area contributed by atoms with Crippen LogP contribution in [-0.2, 0) is 0 Å². The Balaban J connectivity index is 2.29. The van der Waals surface area contributed by atoms with E-state index in [4.69, 9.17) is 17.0 Å². The third kappa shape index (κ3) is 2.14. The van der Waals surface area contributed by atoms with Crippen molar-refractivity contribution in [2.75, 3.05) is 0 Å². The first-order valence-corrected chi connectivity index (χ1v) is 8.24. The lowest BCUT2D eigenvalue weighted by Gasteiger charge is -2.46. The normalized spacial score (nSPS) is 27.8. The molecule has 0 radical (unpaired) electrons. The SMILES string of the molecule is N#C[C@@H]1C(=N)C(C#N)(C#N)[C@@H](c2ccccc2Cl)[C@@H]2CCCC=C12. The molecule has 2 aliphatic carbocycles. The van der Waals surface area contributed by atoms with Crippen LogP contribution >= 0.6 is 11.6 Å². The van der Waals surface area contributed by atoms with Crippen LogP contribution in [0.5, 0.6) is 0 Å². The van der Waals surface area contributed by atoms with Gasteiger partial charge in [-0.25, -0.2) is 0 Å². The summed E-state index contributed by atoms with van der Waals surface area (Å²) in [5, 5.41) is 38.2. The molecule has 2 aliphatic rings.